The molecule has 172 valence electrons. The summed E-state index contributed by atoms with van der Waals surface area (Å²) in [6.07, 6.45) is 1.05. The highest BCUT2D eigenvalue weighted by Gasteiger charge is 2.52. The molecule has 3 aliphatic rings. The molecule has 0 aromatic heterocycles. The van der Waals surface area contributed by atoms with Gasteiger partial charge in [0.15, 0.2) is 11.5 Å². The Labute approximate surface area is 191 Å². The van der Waals surface area contributed by atoms with E-state index in [1.54, 1.807) is 46.2 Å². The Balaban J connectivity index is 1.16. The molecule has 1 N–H and O–H groups in total. The summed E-state index contributed by atoms with van der Waals surface area (Å²) >= 11 is 0. The Morgan fingerprint density at radius 3 is 2.85 bits per heavy atom. The molecule has 1 fully saturated rings. The van der Waals surface area contributed by atoms with Crippen molar-refractivity contribution in [2.24, 2.45) is 0 Å². The fraction of sp³-hybridized carbons (Fsp3) is 0.375. The fourth-order valence-electron chi connectivity index (χ4n) is 4.67. The number of hydrogen-bond acceptors (Lipinski definition) is 6. The Morgan fingerprint density at radius 1 is 1.15 bits per heavy atom. The molecule has 0 bridgehead atoms. The zero-order valence-corrected chi connectivity index (χ0v) is 18.3. The summed E-state index contributed by atoms with van der Waals surface area (Å²) in [7, 11) is 0. The Bertz CT molecular complexity index is 1120. The molecule has 0 spiro atoms. The van der Waals surface area contributed by atoms with Crippen LogP contribution in [-0.4, -0.2) is 54.8 Å². The van der Waals surface area contributed by atoms with Crippen LogP contribution >= 0.6 is 0 Å². The zero-order valence-electron chi connectivity index (χ0n) is 18.3. The molecule has 9 nitrogen and oxygen atoms in total. The predicted molar refractivity (Wildman–Crippen MR) is 118 cm³/mol. The van der Waals surface area contributed by atoms with E-state index in [1.807, 2.05) is 13.0 Å². The standard InChI is InChI=1S/C24H25N3O6/c1-24-10-8-22(29)27(24)18-5-3-2-4-17(18)23(30)26(24)12-9-21(28)25-11-13-31-16-6-7-19-20(14-16)33-15-32-19/h2-7,14H,8-13,15H2,1H3,(H,25,28). The quantitative estimate of drug-likeness (QED) is 0.649. The fourth-order valence-corrected chi connectivity index (χ4v) is 4.67. The van der Waals surface area contributed by atoms with Crippen molar-refractivity contribution in [3.05, 3.63) is 48.0 Å². The van der Waals surface area contributed by atoms with Gasteiger partial charge in [-0.15, -0.1) is 0 Å². The maximum absolute atomic E-state index is 13.2. The van der Waals surface area contributed by atoms with Crippen LogP contribution < -0.4 is 24.4 Å². The van der Waals surface area contributed by atoms with Crippen LogP contribution in [-0.2, 0) is 9.59 Å². The van der Waals surface area contributed by atoms with Crippen LogP contribution in [0.25, 0.3) is 0 Å². The Hall–Kier alpha value is -3.75. The second kappa shape index (κ2) is 8.31. The van der Waals surface area contributed by atoms with Crippen LogP contribution in [0.1, 0.15) is 36.5 Å². The van der Waals surface area contributed by atoms with Gasteiger partial charge in [0.25, 0.3) is 5.91 Å². The van der Waals surface area contributed by atoms with Crippen LogP contribution in [0.3, 0.4) is 0 Å². The second-order valence-corrected chi connectivity index (χ2v) is 8.38. The van der Waals surface area contributed by atoms with E-state index in [-0.39, 0.29) is 37.5 Å². The minimum Gasteiger partial charge on any atom is -0.492 e. The van der Waals surface area contributed by atoms with E-state index in [4.69, 9.17) is 14.2 Å². The van der Waals surface area contributed by atoms with Crippen LogP contribution in [0.5, 0.6) is 17.2 Å². The maximum Gasteiger partial charge on any atom is 0.257 e. The van der Waals surface area contributed by atoms with E-state index in [2.05, 4.69) is 5.32 Å². The van der Waals surface area contributed by atoms with Crippen LogP contribution in [0.2, 0.25) is 0 Å². The summed E-state index contributed by atoms with van der Waals surface area (Å²) in [5.41, 5.74) is 0.377. The van der Waals surface area contributed by atoms with E-state index >= 15 is 0 Å². The highest BCUT2D eigenvalue weighted by molar-refractivity contribution is 6.10. The molecule has 2 aromatic rings. The van der Waals surface area contributed by atoms with Gasteiger partial charge >= 0.3 is 0 Å². The SMILES string of the molecule is CC12CCC(=O)N1c1ccccc1C(=O)N2CCC(=O)NCCOc1ccc2c(c1)OCO2. The van der Waals surface area contributed by atoms with E-state index in [1.165, 1.54) is 0 Å². The third-order valence-corrected chi connectivity index (χ3v) is 6.35. The van der Waals surface area contributed by atoms with Gasteiger partial charge in [-0.3, -0.25) is 19.3 Å². The number of carbonyl (C=O) groups is 3. The van der Waals surface area contributed by atoms with Crippen molar-refractivity contribution in [2.45, 2.75) is 31.8 Å². The molecular formula is C24H25N3O6. The third-order valence-electron chi connectivity index (χ3n) is 6.35. The summed E-state index contributed by atoms with van der Waals surface area (Å²) in [6.45, 7) is 2.93. The molecule has 5 rings (SSSR count). The number of fused-ring (bicyclic) bond motifs is 4. The molecular weight excluding hydrogens is 426 g/mol. The van der Waals surface area contributed by atoms with Gasteiger partial charge in [0.2, 0.25) is 18.6 Å². The third kappa shape index (κ3) is 3.73. The lowest BCUT2D eigenvalue weighted by atomic mass is 9.98. The number of anilines is 1. The van der Waals surface area contributed by atoms with Gasteiger partial charge in [-0.25, -0.2) is 0 Å². The zero-order chi connectivity index (χ0) is 23.0. The molecule has 33 heavy (non-hydrogen) atoms. The number of benzene rings is 2. The van der Waals surface area contributed by atoms with Gasteiger partial charge in [0, 0.05) is 25.5 Å². The first-order valence-corrected chi connectivity index (χ1v) is 11.0. The van der Waals surface area contributed by atoms with Gasteiger partial charge in [0.1, 0.15) is 18.0 Å². The van der Waals surface area contributed by atoms with Crippen molar-refractivity contribution in [3.8, 4) is 17.2 Å². The number of hydrogen-bond donors (Lipinski definition) is 1. The number of nitrogens with zero attached hydrogens (tertiary/aromatic N) is 2. The van der Waals surface area contributed by atoms with Crippen molar-refractivity contribution in [2.75, 3.05) is 31.4 Å². The van der Waals surface area contributed by atoms with Crippen molar-refractivity contribution in [1.29, 1.82) is 0 Å². The van der Waals surface area contributed by atoms with Gasteiger partial charge < -0.3 is 24.4 Å². The molecule has 0 saturated carbocycles. The molecule has 9 heteroatoms. The highest BCUT2D eigenvalue weighted by atomic mass is 16.7. The first kappa shape index (κ1) is 21.1. The maximum atomic E-state index is 13.2. The lowest BCUT2D eigenvalue weighted by molar-refractivity contribution is -0.121. The smallest absolute Gasteiger partial charge is 0.257 e. The molecule has 1 saturated heterocycles. The summed E-state index contributed by atoms with van der Waals surface area (Å²) in [6, 6.07) is 12.4. The minimum absolute atomic E-state index is 0.00688. The van der Waals surface area contributed by atoms with E-state index in [0.717, 1.165) is 0 Å². The lowest BCUT2D eigenvalue weighted by Crippen LogP contribution is -2.62. The number of amides is 3. The molecule has 3 heterocycles. The number of carbonyl (C=O) groups excluding carboxylic acids is 3. The van der Waals surface area contributed by atoms with Crippen LogP contribution in [0.15, 0.2) is 42.5 Å². The molecule has 3 aliphatic heterocycles. The predicted octanol–water partition coefficient (Wildman–Crippen LogP) is 2.30. The van der Waals surface area contributed by atoms with Crippen molar-refractivity contribution >= 4 is 23.4 Å². The minimum atomic E-state index is -0.759. The van der Waals surface area contributed by atoms with E-state index in [9.17, 15) is 14.4 Å². The summed E-state index contributed by atoms with van der Waals surface area (Å²) in [5.74, 6) is 1.60. The summed E-state index contributed by atoms with van der Waals surface area (Å²) in [5, 5.41) is 2.82. The average Bonchev–Trinajstić information content (AvgIpc) is 3.40. The largest absolute Gasteiger partial charge is 0.492 e. The molecule has 2 aromatic carbocycles. The lowest BCUT2D eigenvalue weighted by Gasteiger charge is -2.48. The van der Waals surface area contributed by atoms with Gasteiger partial charge in [-0.1, -0.05) is 12.1 Å². The van der Waals surface area contributed by atoms with E-state index < -0.39 is 5.66 Å². The topological polar surface area (TPSA) is 97.4 Å². The van der Waals surface area contributed by atoms with Crippen molar-refractivity contribution in [1.82, 2.24) is 10.2 Å². The van der Waals surface area contributed by atoms with Crippen molar-refractivity contribution in [3.63, 3.8) is 0 Å². The monoisotopic (exact) mass is 451 g/mol. The van der Waals surface area contributed by atoms with Gasteiger partial charge in [0.05, 0.1) is 17.8 Å². The summed E-state index contributed by atoms with van der Waals surface area (Å²) < 4.78 is 16.2. The summed E-state index contributed by atoms with van der Waals surface area (Å²) in [4.78, 5) is 41.6. The number of rotatable bonds is 7. The first-order chi connectivity index (χ1) is 16.0. The number of para-hydroxylation sites is 1. The van der Waals surface area contributed by atoms with E-state index in [0.29, 0.717) is 54.5 Å². The Morgan fingerprint density at radius 2 is 1.97 bits per heavy atom. The second-order valence-electron chi connectivity index (χ2n) is 8.38. The Kier molecular flexibility index (Phi) is 5.32. The molecule has 0 radical (unpaired) electrons. The molecule has 3 amide bonds. The molecule has 1 atom stereocenters. The first-order valence-electron chi connectivity index (χ1n) is 11.0. The van der Waals surface area contributed by atoms with Crippen LogP contribution in [0, 0.1) is 0 Å². The number of nitrogens with one attached hydrogen (secondary N) is 1. The average molecular weight is 451 g/mol. The van der Waals surface area contributed by atoms with Crippen molar-refractivity contribution < 1.29 is 28.6 Å². The van der Waals surface area contributed by atoms with Gasteiger partial charge in [-0.2, -0.15) is 0 Å². The highest BCUT2D eigenvalue weighted by Crippen LogP contribution is 2.44. The van der Waals surface area contributed by atoms with Gasteiger partial charge in [-0.05, 0) is 37.6 Å². The normalized spacial score (nSPS) is 20.5. The van der Waals surface area contributed by atoms with Crippen LogP contribution in [0.4, 0.5) is 5.69 Å². The number of ether oxygens (including phenoxy) is 3. The molecule has 0 aliphatic carbocycles. The molecule has 1 unspecified atom stereocenters.